The number of hydrogen-bond acceptors (Lipinski definition) is 4. The van der Waals surface area contributed by atoms with E-state index < -0.39 is 11.9 Å². The fourth-order valence-electron chi connectivity index (χ4n) is 1.49. The number of hydrogen-bond donors (Lipinski definition) is 1. The van der Waals surface area contributed by atoms with Gasteiger partial charge in [-0.2, -0.15) is 5.26 Å². The van der Waals surface area contributed by atoms with Crippen LogP contribution in [-0.2, 0) is 9.53 Å². The van der Waals surface area contributed by atoms with Gasteiger partial charge in [0, 0.05) is 4.47 Å². The Morgan fingerprint density at radius 3 is 2.68 bits per heavy atom. The minimum absolute atomic E-state index is 0.217. The molecule has 0 heterocycles. The van der Waals surface area contributed by atoms with Crippen molar-refractivity contribution >= 4 is 33.5 Å². The quantitative estimate of drug-likeness (QED) is 0.863. The van der Waals surface area contributed by atoms with Crippen molar-refractivity contribution in [2.24, 2.45) is 0 Å². The van der Waals surface area contributed by atoms with Gasteiger partial charge in [0.05, 0.1) is 23.9 Å². The highest BCUT2D eigenvalue weighted by atomic mass is 79.9. The number of benzene rings is 1. The van der Waals surface area contributed by atoms with E-state index in [1.54, 1.807) is 32.0 Å². The maximum atomic E-state index is 11.6. The van der Waals surface area contributed by atoms with E-state index in [9.17, 15) is 9.59 Å². The molecule has 0 saturated carbocycles. The van der Waals surface area contributed by atoms with Crippen LogP contribution in [0.1, 0.15) is 29.3 Å². The number of ether oxygens (including phenoxy) is 1. The molecular weight excluding hydrogens is 312 g/mol. The summed E-state index contributed by atoms with van der Waals surface area (Å²) in [6.45, 7) is 3.79. The lowest BCUT2D eigenvalue weighted by molar-refractivity contribution is -0.115. The first-order valence-electron chi connectivity index (χ1n) is 5.63. The van der Waals surface area contributed by atoms with Gasteiger partial charge in [-0.15, -0.1) is 0 Å². The largest absolute Gasteiger partial charge is 0.462 e. The van der Waals surface area contributed by atoms with Crippen molar-refractivity contribution in [3.05, 3.63) is 27.7 Å². The molecule has 0 atom stereocenters. The summed E-state index contributed by atoms with van der Waals surface area (Å²) in [5, 5.41) is 11.1. The van der Waals surface area contributed by atoms with Crippen molar-refractivity contribution in [3.63, 3.8) is 0 Å². The van der Waals surface area contributed by atoms with E-state index in [-0.39, 0.29) is 6.42 Å². The van der Waals surface area contributed by atoms with Crippen molar-refractivity contribution in [2.75, 3.05) is 11.9 Å². The molecule has 0 aliphatic carbocycles. The van der Waals surface area contributed by atoms with Crippen LogP contribution in [0.25, 0.3) is 0 Å². The Morgan fingerprint density at radius 1 is 1.47 bits per heavy atom. The van der Waals surface area contributed by atoms with E-state index in [2.05, 4.69) is 21.2 Å². The third-order valence-corrected chi connectivity index (χ3v) is 2.93. The molecule has 1 aromatic carbocycles. The molecular formula is C13H13BrN2O3. The van der Waals surface area contributed by atoms with Crippen LogP contribution in [0.4, 0.5) is 5.69 Å². The lowest BCUT2D eigenvalue weighted by Crippen LogP contribution is -2.13. The molecule has 5 nitrogen and oxygen atoms in total. The molecule has 0 radical (unpaired) electrons. The number of nitrogens with zero attached hydrogens (tertiary/aromatic N) is 1. The highest BCUT2D eigenvalue weighted by Gasteiger charge is 2.14. The number of aryl methyl sites for hydroxylation is 1. The van der Waals surface area contributed by atoms with Gasteiger partial charge in [-0.3, -0.25) is 4.79 Å². The highest BCUT2D eigenvalue weighted by Crippen LogP contribution is 2.28. The zero-order valence-corrected chi connectivity index (χ0v) is 12.2. The van der Waals surface area contributed by atoms with Gasteiger partial charge < -0.3 is 10.1 Å². The summed E-state index contributed by atoms with van der Waals surface area (Å²) in [5.41, 5.74) is 1.67. The number of carbonyl (C=O) groups is 2. The van der Waals surface area contributed by atoms with Crippen LogP contribution in [0.5, 0.6) is 0 Å². The standard InChI is InChI=1S/C13H13BrN2O3/c1-3-19-13(18)9-6-8(2)12(10(14)7-9)16-11(17)4-5-15/h6-7H,3-4H2,1-2H3,(H,16,17). The van der Waals surface area contributed by atoms with Gasteiger partial charge in [0.25, 0.3) is 0 Å². The van der Waals surface area contributed by atoms with Crippen molar-refractivity contribution in [1.29, 1.82) is 5.26 Å². The molecule has 0 spiro atoms. The van der Waals surface area contributed by atoms with Gasteiger partial charge >= 0.3 is 5.97 Å². The van der Waals surface area contributed by atoms with Gasteiger partial charge in [-0.05, 0) is 47.5 Å². The zero-order valence-electron chi connectivity index (χ0n) is 10.6. The minimum atomic E-state index is -0.416. The first-order valence-corrected chi connectivity index (χ1v) is 6.43. The second-order valence-corrected chi connectivity index (χ2v) is 4.61. The summed E-state index contributed by atoms with van der Waals surface area (Å²) in [6.07, 6.45) is -0.217. The third kappa shape index (κ3) is 4.07. The molecule has 1 aromatic rings. The maximum absolute atomic E-state index is 11.6. The Labute approximate surface area is 119 Å². The predicted molar refractivity (Wildman–Crippen MR) is 73.7 cm³/mol. The van der Waals surface area contributed by atoms with Crippen LogP contribution in [-0.4, -0.2) is 18.5 Å². The van der Waals surface area contributed by atoms with Gasteiger partial charge in [0.15, 0.2) is 0 Å². The van der Waals surface area contributed by atoms with E-state index >= 15 is 0 Å². The Balaban J connectivity index is 3.01. The van der Waals surface area contributed by atoms with Gasteiger partial charge in [0.2, 0.25) is 5.91 Å². The number of esters is 1. The van der Waals surface area contributed by atoms with Crippen molar-refractivity contribution in [1.82, 2.24) is 0 Å². The maximum Gasteiger partial charge on any atom is 0.338 e. The van der Waals surface area contributed by atoms with Gasteiger partial charge in [0.1, 0.15) is 6.42 Å². The number of carbonyl (C=O) groups excluding carboxylic acids is 2. The topological polar surface area (TPSA) is 79.2 Å². The van der Waals surface area contributed by atoms with Gasteiger partial charge in [-0.1, -0.05) is 0 Å². The monoisotopic (exact) mass is 324 g/mol. The van der Waals surface area contributed by atoms with Crippen LogP contribution in [0.15, 0.2) is 16.6 Å². The number of rotatable bonds is 4. The average molecular weight is 325 g/mol. The minimum Gasteiger partial charge on any atom is -0.462 e. The molecule has 1 N–H and O–H groups in total. The summed E-state index contributed by atoms with van der Waals surface area (Å²) >= 11 is 3.29. The number of nitriles is 1. The number of amides is 1. The molecule has 6 heteroatoms. The van der Waals surface area contributed by atoms with E-state index in [1.807, 2.05) is 0 Å². The summed E-state index contributed by atoms with van der Waals surface area (Å²) in [6, 6.07) is 4.98. The molecule has 1 amide bonds. The molecule has 0 saturated heterocycles. The van der Waals surface area contributed by atoms with E-state index in [0.717, 1.165) is 0 Å². The molecule has 0 aliphatic rings. The molecule has 19 heavy (non-hydrogen) atoms. The van der Waals surface area contributed by atoms with E-state index in [1.165, 1.54) is 0 Å². The first-order chi connectivity index (χ1) is 8.99. The Hall–Kier alpha value is -1.87. The second kappa shape index (κ2) is 6.90. The lowest BCUT2D eigenvalue weighted by atomic mass is 10.1. The SMILES string of the molecule is CCOC(=O)c1cc(C)c(NC(=O)CC#N)c(Br)c1. The number of anilines is 1. The fourth-order valence-corrected chi connectivity index (χ4v) is 2.15. The summed E-state index contributed by atoms with van der Waals surface area (Å²) in [7, 11) is 0. The molecule has 100 valence electrons. The van der Waals surface area contributed by atoms with Crippen LogP contribution in [0.2, 0.25) is 0 Å². The van der Waals surface area contributed by atoms with E-state index in [4.69, 9.17) is 10.00 Å². The number of halogens is 1. The summed E-state index contributed by atoms with van der Waals surface area (Å²) < 4.78 is 5.48. The molecule has 1 rings (SSSR count). The Bertz CT molecular complexity index is 526. The summed E-state index contributed by atoms with van der Waals surface area (Å²) in [5.74, 6) is -0.809. The van der Waals surface area contributed by atoms with Gasteiger partial charge in [-0.25, -0.2) is 4.79 Å². The van der Waals surface area contributed by atoms with Crippen molar-refractivity contribution in [3.8, 4) is 6.07 Å². The van der Waals surface area contributed by atoms with Crippen LogP contribution in [0.3, 0.4) is 0 Å². The molecule has 0 unspecified atom stereocenters. The highest BCUT2D eigenvalue weighted by molar-refractivity contribution is 9.10. The Kier molecular flexibility index (Phi) is 5.52. The second-order valence-electron chi connectivity index (χ2n) is 3.75. The molecule has 0 aliphatic heterocycles. The normalized spacial score (nSPS) is 9.58. The fraction of sp³-hybridized carbons (Fsp3) is 0.308. The van der Waals surface area contributed by atoms with Crippen LogP contribution < -0.4 is 5.32 Å². The van der Waals surface area contributed by atoms with Crippen LogP contribution in [0, 0.1) is 18.3 Å². The van der Waals surface area contributed by atoms with Crippen molar-refractivity contribution < 1.29 is 14.3 Å². The molecule has 0 bridgehead atoms. The zero-order chi connectivity index (χ0) is 14.4. The van der Waals surface area contributed by atoms with Crippen LogP contribution >= 0.6 is 15.9 Å². The number of nitrogens with one attached hydrogen (secondary N) is 1. The Morgan fingerprint density at radius 2 is 2.16 bits per heavy atom. The lowest BCUT2D eigenvalue weighted by Gasteiger charge is -2.11. The third-order valence-electron chi connectivity index (χ3n) is 2.30. The average Bonchev–Trinajstić information content (AvgIpc) is 2.34. The molecule has 0 fully saturated rings. The first kappa shape index (κ1) is 15.2. The summed E-state index contributed by atoms with van der Waals surface area (Å²) in [4.78, 5) is 23.0. The molecule has 0 aromatic heterocycles. The predicted octanol–water partition coefficient (Wildman–Crippen LogP) is 2.79. The van der Waals surface area contributed by atoms with Crippen molar-refractivity contribution in [2.45, 2.75) is 20.3 Å². The van der Waals surface area contributed by atoms with E-state index in [0.29, 0.717) is 27.9 Å². The smallest absolute Gasteiger partial charge is 0.338 e.